The van der Waals surface area contributed by atoms with Crippen LogP contribution in [0.15, 0.2) is 18.2 Å². The van der Waals surface area contributed by atoms with E-state index in [1.54, 1.807) is 29.5 Å². The molecule has 0 saturated heterocycles. The number of ether oxygens (including phenoxy) is 1. The molecule has 1 aromatic heterocycles. The van der Waals surface area contributed by atoms with Gasteiger partial charge in [0, 0.05) is 4.88 Å². The molecular weight excluding hydrogens is 312 g/mol. The Morgan fingerprint density at radius 2 is 2.09 bits per heavy atom. The lowest BCUT2D eigenvalue weighted by Crippen LogP contribution is -2.38. The first kappa shape index (κ1) is 14.4. The second kappa shape index (κ2) is 5.45. The maximum absolute atomic E-state index is 12.6. The van der Waals surface area contributed by atoms with Gasteiger partial charge in [-0.3, -0.25) is 4.79 Å². The molecular formula is C17H18N2O3S. The minimum atomic E-state index is -0.315. The summed E-state index contributed by atoms with van der Waals surface area (Å²) in [5.74, 6) is 0.468. The minimum absolute atomic E-state index is 0.0183. The molecule has 2 aliphatic rings. The number of aryl methyl sites for hydroxylation is 1. The number of nitrogens with one attached hydrogen (secondary N) is 2. The van der Waals surface area contributed by atoms with Crippen LogP contribution in [0, 0.1) is 0 Å². The van der Waals surface area contributed by atoms with Crippen molar-refractivity contribution < 1.29 is 14.6 Å². The second-order valence-electron chi connectivity index (χ2n) is 5.90. The van der Waals surface area contributed by atoms with Crippen LogP contribution in [0.5, 0.6) is 11.5 Å². The molecule has 0 radical (unpaired) electrons. The number of aromatic hydroxyl groups is 1. The molecule has 1 atom stereocenters. The quantitative estimate of drug-likeness (QED) is 0.791. The van der Waals surface area contributed by atoms with Crippen LogP contribution in [0.2, 0.25) is 0 Å². The van der Waals surface area contributed by atoms with Gasteiger partial charge < -0.3 is 20.5 Å². The lowest BCUT2D eigenvalue weighted by Gasteiger charge is -2.27. The number of fused-ring (bicyclic) bond motifs is 3. The normalized spacial score (nSPS) is 19.3. The van der Waals surface area contributed by atoms with Gasteiger partial charge in [-0.1, -0.05) is 6.07 Å². The molecule has 2 aromatic rings. The fourth-order valence-electron chi connectivity index (χ4n) is 3.32. The molecule has 1 aliphatic carbocycles. The number of hydrogen-bond donors (Lipinski definition) is 3. The van der Waals surface area contributed by atoms with Crippen LogP contribution in [0.25, 0.3) is 0 Å². The first-order valence-electron chi connectivity index (χ1n) is 7.76. The van der Waals surface area contributed by atoms with Gasteiger partial charge in [-0.25, -0.2) is 0 Å². The van der Waals surface area contributed by atoms with Gasteiger partial charge in [0.05, 0.1) is 12.7 Å². The third-order valence-corrected chi connectivity index (χ3v) is 5.71. The second-order valence-corrected chi connectivity index (χ2v) is 7.00. The summed E-state index contributed by atoms with van der Waals surface area (Å²) in [5.41, 5.74) is 2.90. The Hall–Kier alpha value is -2.21. The average molecular weight is 330 g/mol. The Morgan fingerprint density at radius 3 is 2.91 bits per heavy atom. The van der Waals surface area contributed by atoms with E-state index in [9.17, 15) is 9.90 Å². The lowest BCUT2D eigenvalue weighted by molar-refractivity contribution is 0.0935. The monoisotopic (exact) mass is 330 g/mol. The highest BCUT2D eigenvalue weighted by Gasteiger charge is 2.32. The van der Waals surface area contributed by atoms with Crippen molar-refractivity contribution >= 4 is 22.2 Å². The molecule has 2 heterocycles. The van der Waals surface area contributed by atoms with Gasteiger partial charge in [-0.15, -0.1) is 11.3 Å². The highest BCUT2D eigenvalue weighted by atomic mass is 32.1. The van der Waals surface area contributed by atoms with Crippen LogP contribution in [0.3, 0.4) is 0 Å². The number of methoxy groups -OCH3 is 1. The van der Waals surface area contributed by atoms with E-state index in [0.717, 1.165) is 35.4 Å². The number of thiophene rings is 1. The molecule has 0 unspecified atom stereocenters. The van der Waals surface area contributed by atoms with E-state index >= 15 is 0 Å². The van der Waals surface area contributed by atoms with E-state index in [4.69, 9.17) is 4.74 Å². The number of phenolic OH excluding ortho intramolecular Hbond substituents is 1. The first-order chi connectivity index (χ1) is 11.2. The fourth-order valence-corrected chi connectivity index (χ4v) is 4.63. The largest absolute Gasteiger partial charge is 0.504 e. The molecule has 1 amide bonds. The van der Waals surface area contributed by atoms with Crippen LogP contribution < -0.4 is 15.4 Å². The molecule has 0 bridgehead atoms. The molecule has 120 valence electrons. The predicted molar refractivity (Wildman–Crippen MR) is 89.4 cm³/mol. The topological polar surface area (TPSA) is 70.6 Å². The third-order valence-electron chi connectivity index (χ3n) is 4.49. The van der Waals surface area contributed by atoms with Gasteiger partial charge in [-0.2, -0.15) is 0 Å². The van der Waals surface area contributed by atoms with Crippen LogP contribution >= 0.6 is 11.3 Å². The van der Waals surface area contributed by atoms with Crippen molar-refractivity contribution in [3.8, 4) is 11.5 Å². The van der Waals surface area contributed by atoms with Gasteiger partial charge >= 0.3 is 0 Å². The number of anilines is 1. The Kier molecular flexibility index (Phi) is 3.41. The molecule has 1 aliphatic heterocycles. The standard InChI is InChI=1S/C17H18N2O3S/c1-22-12-8-9(6-7-11(12)20)15-18-16(21)14-10-4-2-3-5-13(10)23-17(14)19-15/h6-8,15,19-20H,2-5H2,1H3,(H,18,21)/t15-/m1/s1. The number of carbonyl (C=O) groups excluding carboxylic acids is 1. The molecule has 5 nitrogen and oxygen atoms in total. The minimum Gasteiger partial charge on any atom is -0.504 e. The van der Waals surface area contributed by atoms with Crippen molar-refractivity contribution in [2.24, 2.45) is 0 Å². The Balaban J connectivity index is 1.70. The van der Waals surface area contributed by atoms with Crippen molar-refractivity contribution in [3.05, 3.63) is 39.8 Å². The highest BCUT2D eigenvalue weighted by molar-refractivity contribution is 7.16. The van der Waals surface area contributed by atoms with Crippen molar-refractivity contribution in [2.75, 3.05) is 12.4 Å². The summed E-state index contributed by atoms with van der Waals surface area (Å²) in [6, 6.07) is 5.11. The van der Waals surface area contributed by atoms with Gasteiger partial charge in [0.25, 0.3) is 5.91 Å². The van der Waals surface area contributed by atoms with Crippen molar-refractivity contribution in [2.45, 2.75) is 31.8 Å². The molecule has 0 saturated carbocycles. The number of rotatable bonds is 2. The summed E-state index contributed by atoms with van der Waals surface area (Å²) in [7, 11) is 1.51. The Labute approximate surface area is 138 Å². The number of amides is 1. The summed E-state index contributed by atoms with van der Waals surface area (Å²) < 4.78 is 5.15. The van der Waals surface area contributed by atoms with Crippen LogP contribution in [0.4, 0.5) is 5.00 Å². The van der Waals surface area contributed by atoms with E-state index < -0.39 is 0 Å². The van der Waals surface area contributed by atoms with E-state index in [-0.39, 0.29) is 17.8 Å². The molecule has 23 heavy (non-hydrogen) atoms. The van der Waals surface area contributed by atoms with E-state index in [2.05, 4.69) is 10.6 Å². The smallest absolute Gasteiger partial charge is 0.256 e. The average Bonchev–Trinajstić information content (AvgIpc) is 2.94. The molecule has 3 N–H and O–H groups in total. The molecule has 0 spiro atoms. The Bertz CT molecular complexity index is 784. The third kappa shape index (κ3) is 2.34. The number of hydrogen-bond acceptors (Lipinski definition) is 5. The van der Waals surface area contributed by atoms with Crippen molar-refractivity contribution in [1.29, 1.82) is 0 Å². The van der Waals surface area contributed by atoms with E-state index in [1.807, 2.05) is 0 Å². The van der Waals surface area contributed by atoms with Gasteiger partial charge in [-0.05, 0) is 48.9 Å². The first-order valence-corrected chi connectivity index (χ1v) is 8.58. The van der Waals surface area contributed by atoms with Crippen molar-refractivity contribution in [3.63, 3.8) is 0 Å². The maximum Gasteiger partial charge on any atom is 0.256 e. The van der Waals surface area contributed by atoms with Crippen LogP contribution in [0.1, 0.15) is 45.4 Å². The summed E-state index contributed by atoms with van der Waals surface area (Å²) in [6.07, 6.45) is 4.10. The summed E-state index contributed by atoms with van der Waals surface area (Å²) in [5, 5.41) is 17.1. The number of benzene rings is 1. The zero-order valence-electron chi connectivity index (χ0n) is 12.8. The summed E-state index contributed by atoms with van der Waals surface area (Å²) >= 11 is 1.70. The van der Waals surface area contributed by atoms with Crippen molar-refractivity contribution in [1.82, 2.24) is 5.32 Å². The van der Waals surface area contributed by atoms with Gasteiger partial charge in [0.1, 0.15) is 11.2 Å². The number of carbonyl (C=O) groups is 1. The molecule has 1 aromatic carbocycles. The summed E-state index contributed by atoms with van der Waals surface area (Å²) in [6.45, 7) is 0. The van der Waals surface area contributed by atoms with Crippen LogP contribution in [-0.2, 0) is 12.8 Å². The van der Waals surface area contributed by atoms with E-state index in [0.29, 0.717) is 5.75 Å². The highest BCUT2D eigenvalue weighted by Crippen LogP contribution is 2.42. The lowest BCUT2D eigenvalue weighted by atomic mass is 9.94. The number of phenols is 1. The Morgan fingerprint density at radius 1 is 1.26 bits per heavy atom. The molecule has 4 rings (SSSR count). The zero-order valence-corrected chi connectivity index (χ0v) is 13.6. The van der Waals surface area contributed by atoms with Gasteiger partial charge in [0.2, 0.25) is 0 Å². The SMILES string of the molecule is COc1cc([C@@H]2NC(=O)c3c(sc4c3CCCC4)N2)ccc1O. The van der Waals surface area contributed by atoms with Crippen LogP contribution in [-0.4, -0.2) is 18.1 Å². The zero-order chi connectivity index (χ0) is 16.0. The fraction of sp³-hybridized carbons (Fsp3) is 0.353. The predicted octanol–water partition coefficient (Wildman–Crippen LogP) is 3.20. The van der Waals surface area contributed by atoms with Gasteiger partial charge in [0.15, 0.2) is 11.5 Å². The van der Waals surface area contributed by atoms with E-state index in [1.165, 1.54) is 24.0 Å². The molecule has 0 fully saturated rings. The maximum atomic E-state index is 12.6. The molecule has 6 heteroatoms. The summed E-state index contributed by atoms with van der Waals surface area (Å²) in [4.78, 5) is 13.9.